The van der Waals surface area contributed by atoms with Gasteiger partial charge in [-0.2, -0.15) is 0 Å². The number of carbonyl (C=O) groups excluding carboxylic acids is 1. The first kappa shape index (κ1) is 22.3. The van der Waals surface area contributed by atoms with Gasteiger partial charge in [0, 0.05) is 21.8 Å². The summed E-state index contributed by atoms with van der Waals surface area (Å²) in [6.45, 7) is -0.0731. The average molecular weight is 510 g/mol. The lowest BCUT2D eigenvalue weighted by molar-refractivity contribution is -0.118. The third-order valence-electron chi connectivity index (χ3n) is 5.83. The van der Waals surface area contributed by atoms with Crippen molar-refractivity contribution >= 4 is 49.7 Å². The van der Waals surface area contributed by atoms with Crippen LogP contribution in [0.5, 0.6) is 5.75 Å². The maximum absolute atomic E-state index is 12.3. The third kappa shape index (κ3) is 4.33. The molecule has 6 rings (SSSR count). The van der Waals surface area contributed by atoms with Gasteiger partial charge in [-0.15, -0.1) is 0 Å². The Morgan fingerprint density at radius 2 is 1.56 bits per heavy atom. The number of nitrogens with one attached hydrogen (secondary N) is 1. The zero-order valence-corrected chi connectivity index (χ0v) is 20.6. The van der Waals surface area contributed by atoms with Gasteiger partial charge in [0.2, 0.25) is 0 Å². The first-order valence-corrected chi connectivity index (χ1v) is 12.6. The number of carbonyl (C=O) groups is 1. The molecule has 7 heteroatoms. The molecule has 0 saturated heterocycles. The highest BCUT2D eigenvalue weighted by Gasteiger charge is 2.20. The van der Waals surface area contributed by atoms with Gasteiger partial charge < -0.3 is 10.1 Å². The number of thiazole rings is 1. The van der Waals surface area contributed by atoms with E-state index in [0.29, 0.717) is 10.8 Å². The summed E-state index contributed by atoms with van der Waals surface area (Å²) in [6, 6.07) is 33.1. The maximum Gasteiger partial charge on any atom is 0.262 e. The van der Waals surface area contributed by atoms with Gasteiger partial charge in [0.25, 0.3) is 5.91 Å². The van der Waals surface area contributed by atoms with Crippen LogP contribution in [0.15, 0.2) is 103 Å². The summed E-state index contributed by atoms with van der Waals surface area (Å²) in [4.78, 5) is 18.2. The van der Waals surface area contributed by atoms with Crippen molar-refractivity contribution in [2.75, 3.05) is 11.9 Å². The molecule has 4 aromatic carbocycles. The predicted molar refractivity (Wildman–Crippen MR) is 147 cm³/mol. The molecule has 1 N–H and O–H groups in total. The molecule has 36 heavy (non-hydrogen) atoms. The molecule has 1 amide bonds. The molecular weight excluding hydrogens is 490 g/mol. The summed E-state index contributed by atoms with van der Waals surface area (Å²) < 4.78 is 9.11. The molecule has 0 bridgehead atoms. The minimum Gasteiger partial charge on any atom is -0.484 e. The molecule has 0 spiro atoms. The summed E-state index contributed by atoms with van der Waals surface area (Å²) in [7, 11) is 0. The van der Waals surface area contributed by atoms with Crippen molar-refractivity contribution in [1.82, 2.24) is 9.38 Å². The summed E-state index contributed by atoms with van der Waals surface area (Å²) in [5.41, 5.74) is 5.73. The number of para-hydroxylation sites is 2. The van der Waals surface area contributed by atoms with Crippen molar-refractivity contribution in [3.8, 4) is 28.3 Å². The highest BCUT2D eigenvalue weighted by atomic mass is 35.5. The Kier molecular flexibility index (Phi) is 5.89. The van der Waals surface area contributed by atoms with Gasteiger partial charge in [0.05, 0.1) is 21.6 Å². The molecule has 5 nitrogen and oxygen atoms in total. The lowest BCUT2D eigenvalue weighted by Crippen LogP contribution is -2.20. The quantitative estimate of drug-likeness (QED) is 0.252. The molecule has 0 fully saturated rings. The van der Waals surface area contributed by atoms with Gasteiger partial charge >= 0.3 is 0 Å². The summed E-state index contributed by atoms with van der Waals surface area (Å²) >= 11 is 7.80. The molecule has 0 aliphatic carbocycles. The Labute approximate surface area is 216 Å². The SMILES string of the molecule is O=C(COc1ccc(-c2c(-c3ccc(Cl)cc3)nc3sc4ccccc4n23)cc1)Nc1ccccc1. The zero-order valence-electron chi connectivity index (χ0n) is 19.0. The Morgan fingerprint density at radius 3 is 2.33 bits per heavy atom. The number of nitrogens with zero attached hydrogens (tertiary/aromatic N) is 2. The third-order valence-corrected chi connectivity index (χ3v) is 7.10. The normalized spacial score (nSPS) is 11.1. The van der Waals surface area contributed by atoms with Gasteiger partial charge in [-0.3, -0.25) is 9.20 Å². The van der Waals surface area contributed by atoms with Gasteiger partial charge in [-0.05, 0) is 60.7 Å². The first-order chi connectivity index (χ1) is 17.7. The van der Waals surface area contributed by atoms with Gasteiger partial charge in [-0.25, -0.2) is 4.98 Å². The van der Waals surface area contributed by atoms with Crippen LogP contribution in [0.2, 0.25) is 5.02 Å². The standard InChI is InChI=1S/C29H20ClN3O2S/c30-21-14-10-19(11-15-21)27-28(33-24-8-4-5-9-25(24)36-29(33)32-27)20-12-16-23(17-13-20)35-18-26(34)31-22-6-2-1-3-7-22/h1-17H,18H2,(H,31,34). The molecule has 2 heterocycles. The van der Waals surface area contributed by atoms with Crippen LogP contribution in [-0.4, -0.2) is 21.9 Å². The van der Waals surface area contributed by atoms with Gasteiger partial charge in [0.15, 0.2) is 11.6 Å². The maximum atomic E-state index is 12.3. The zero-order chi connectivity index (χ0) is 24.5. The molecule has 6 aromatic rings. The number of anilines is 1. The van der Waals surface area contributed by atoms with Crippen molar-refractivity contribution in [3.63, 3.8) is 0 Å². The molecule has 0 saturated carbocycles. The van der Waals surface area contributed by atoms with Crippen molar-refractivity contribution in [2.24, 2.45) is 0 Å². The fourth-order valence-electron chi connectivity index (χ4n) is 4.17. The van der Waals surface area contributed by atoms with E-state index in [1.165, 1.54) is 4.70 Å². The number of hydrogen-bond donors (Lipinski definition) is 1. The van der Waals surface area contributed by atoms with E-state index in [1.54, 1.807) is 11.3 Å². The van der Waals surface area contributed by atoms with Crippen LogP contribution in [0.1, 0.15) is 0 Å². The van der Waals surface area contributed by atoms with E-state index < -0.39 is 0 Å². The van der Waals surface area contributed by atoms with Crippen molar-refractivity contribution in [2.45, 2.75) is 0 Å². The Morgan fingerprint density at radius 1 is 0.861 bits per heavy atom. The molecule has 176 valence electrons. The van der Waals surface area contributed by atoms with Gasteiger partial charge in [0.1, 0.15) is 5.75 Å². The van der Waals surface area contributed by atoms with Crippen molar-refractivity contribution < 1.29 is 9.53 Å². The largest absolute Gasteiger partial charge is 0.484 e. The van der Waals surface area contributed by atoms with Crippen molar-refractivity contribution in [3.05, 3.63) is 108 Å². The fraction of sp³-hybridized carbons (Fsp3) is 0.0345. The minimum absolute atomic E-state index is 0.0731. The summed E-state index contributed by atoms with van der Waals surface area (Å²) in [6.07, 6.45) is 0. The van der Waals surface area contributed by atoms with Gasteiger partial charge in [-0.1, -0.05) is 65.4 Å². The molecule has 0 aliphatic rings. The number of amides is 1. The Balaban J connectivity index is 1.33. The van der Waals surface area contributed by atoms with E-state index in [-0.39, 0.29) is 12.5 Å². The Hall–Kier alpha value is -4.13. The van der Waals surface area contributed by atoms with E-state index in [4.69, 9.17) is 21.3 Å². The number of imidazole rings is 1. The topological polar surface area (TPSA) is 55.6 Å². The van der Waals surface area contributed by atoms with E-state index in [9.17, 15) is 4.79 Å². The van der Waals surface area contributed by atoms with E-state index in [0.717, 1.165) is 38.7 Å². The minimum atomic E-state index is -0.211. The highest BCUT2D eigenvalue weighted by molar-refractivity contribution is 7.23. The smallest absolute Gasteiger partial charge is 0.262 e. The van der Waals surface area contributed by atoms with Crippen molar-refractivity contribution in [1.29, 1.82) is 0 Å². The number of halogens is 1. The van der Waals surface area contributed by atoms with Crippen LogP contribution in [-0.2, 0) is 4.79 Å². The van der Waals surface area contributed by atoms with E-state index >= 15 is 0 Å². The second-order valence-corrected chi connectivity index (χ2v) is 9.68. The van der Waals surface area contributed by atoms with Crippen LogP contribution < -0.4 is 10.1 Å². The second-order valence-electron chi connectivity index (χ2n) is 8.23. The highest BCUT2D eigenvalue weighted by Crippen LogP contribution is 2.39. The molecule has 0 radical (unpaired) electrons. The number of aromatic nitrogens is 2. The van der Waals surface area contributed by atoms with Crippen LogP contribution in [0.3, 0.4) is 0 Å². The molecular formula is C29H20ClN3O2S. The molecule has 0 aliphatic heterocycles. The predicted octanol–water partition coefficient (Wildman–Crippen LogP) is 7.55. The van der Waals surface area contributed by atoms with Crippen LogP contribution in [0.25, 0.3) is 37.7 Å². The van der Waals surface area contributed by atoms with Crippen LogP contribution in [0, 0.1) is 0 Å². The fourth-order valence-corrected chi connectivity index (χ4v) is 5.32. The monoisotopic (exact) mass is 509 g/mol. The molecule has 0 atom stereocenters. The van der Waals surface area contributed by atoms with Crippen LogP contribution in [0.4, 0.5) is 5.69 Å². The molecule has 0 unspecified atom stereocenters. The number of rotatable bonds is 6. The lowest BCUT2D eigenvalue weighted by atomic mass is 10.0. The number of hydrogen-bond acceptors (Lipinski definition) is 4. The number of benzene rings is 4. The van der Waals surface area contributed by atoms with E-state index in [1.807, 2.05) is 91.0 Å². The Bertz CT molecular complexity index is 1670. The van der Waals surface area contributed by atoms with E-state index in [2.05, 4.69) is 21.9 Å². The number of ether oxygens (including phenoxy) is 1. The van der Waals surface area contributed by atoms with Crippen LogP contribution >= 0.6 is 22.9 Å². The summed E-state index contributed by atoms with van der Waals surface area (Å²) in [5.74, 6) is 0.406. The summed E-state index contributed by atoms with van der Waals surface area (Å²) in [5, 5.41) is 3.51. The second kappa shape index (κ2) is 9.49. The number of fused-ring (bicyclic) bond motifs is 3. The first-order valence-electron chi connectivity index (χ1n) is 11.4. The average Bonchev–Trinajstić information content (AvgIpc) is 3.45. The lowest BCUT2D eigenvalue weighted by Gasteiger charge is -2.10. The molecule has 2 aromatic heterocycles.